The second-order valence-electron chi connectivity index (χ2n) is 4.56. The third-order valence-corrected chi connectivity index (χ3v) is 4.26. The predicted octanol–water partition coefficient (Wildman–Crippen LogP) is 3.56. The van der Waals surface area contributed by atoms with Crippen LogP contribution in [0.1, 0.15) is 21.0 Å². The number of hydrogen-bond donors (Lipinski definition) is 1. The molecule has 4 nitrogen and oxygen atoms in total. The van der Waals surface area contributed by atoms with Gasteiger partial charge in [0.25, 0.3) is 5.91 Å². The van der Waals surface area contributed by atoms with Gasteiger partial charge in [-0.15, -0.1) is 11.3 Å². The summed E-state index contributed by atoms with van der Waals surface area (Å²) < 4.78 is 5.07. The average Bonchev–Trinajstić information content (AvgIpc) is 3.13. The summed E-state index contributed by atoms with van der Waals surface area (Å²) >= 11 is 1.52. The van der Waals surface area contributed by atoms with Crippen molar-refractivity contribution in [2.45, 2.75) is 6.42 Å². The van der Waals surface area contributed by atoms with Crippen molar-refractivity contribution in [3.05, 3.63) is 58.9 Å². The summed E-state index contributed by atoms with van der Waals surface area (Å²) in [6, 6.07) is 11.5. The van der Waals surface area contributed by atoms with Crippen LogP contribution >= 0.6 is 11.3 Å². The number of amides is 1. The number of hydrogen-bond acceptors (Lipinski definition) is 4. The lowest BCUT2D eigenvalue weighted by molar-refractivity contribution is 0.0996. The smallest absolute Gasteiger partial charge is 0.293 e. The van der Waals surface area contributed by atoms with Gasteiger partial charge < -0.3 is 4.42 Å². The molecule has 1 N–H and O–H groups in total. The summed E-state index contributed by atoms with van der Waals surface area (Å²) in [5, 5.41) is 3.40. The number of nitrogens with one attached hydrogen (secondary N) is 1. The van der Waals surface area contributed by atoms with E-state index in [0.29, 0.717) is 10.9 Å². The Hall–Kier alpha value is -2.40. The molecule has 4 rings (SSSR count). The number of fused-ring (bicyclic) bond motifs is 3. The predicted molar refractivity (Wildman–Crippen MR) is 77.0 cm³/mol. The van der Waals surface area contributed by atoms with Crippen LogP contribution in [-0.4, -0.2) is 10.9 Å². The second-order valence-corrected chi connectivity index (χ2v) is 5.64. The summed E-state index contributed by atoms with van der Waals surface area (Å²) in [5.74, 6) is 0.0245. The third kappa shape index (κ3) is 1.75. The number of thiazole rings is 1. The summed E-state index contributed by atoms with van der Waals surface area (Å²) in [6.07, 6.45) is 2.37. The van der Waals surface area contributed by atoms with Crippen molar-refractivity contribution in [1.29, 1.82) is 0 Å². The highest BCUT2D eigenvalue weighted by molar-refractivity contribution is 7.16. The van der Waals surface area contributed by atoms with Gasteiger partial charge in [-0.05, 0) is 17.7 Å². The fourth-order valence-electron chi connectivity index (χ4n) is 2.38. The van der Waals surface area contributed by atoms with E-state index in [1.54, 1.807) is 12.1 Å². The van der Waals surface area contributed by atoms with Crippen molar-refractivity contribution >= 4 is 22.4 Å². The van der Waals surface area contributed by atoms with Crippen LogP contribution in [0.25, 0.3) is 11.3 Å². The molecule has 0 unspecified atom stereocenters. The highest BCUT2D eigenvalue weighted by atomic mass is 32.1. The molecule has 20 heavy (non-hydrogen) atoms. The Kier molecular flexibility index (Phi) is 2.47. The number of carbonyl (C=O) groups is 1. The molecule has 2 heterocycles. The largest absolute Gasteiger partial charge is 0.459 e. The Bertz CT molecular complexity index is 790. The number of carbonyl (C=O) groups excluding carboxylic acids is 1. The van der Waals surface area contributed by atoms with Crippen molar-refractivity contribution in [3.8, 4) is 11.3 Å². The van der Waals surface area contributed by atoms with Gasteiger partial charge in [0.1, 0.15) is 0 Å². The molecule has 1 aliphatic rings. The first-order valence-corrected chi connectivity index (χ1v) is 7.06. The number of nitrogens with zero attached hydrogens (tertiary/aromatic N) is 1. The Morgan fingerprint density at radius 1 is 1.25 bits per heavy atom. The molecule has 1 aromatic carbocycles. The van der Waals surface area contributed by atoms with Crippen molar-refractivity contribution in [3.63, 3.8) is 0 Å². The summed E-state index contributed by atoms with van der Waals surface area (Å²) in [4.78, 5) is 17.6. The molecule has 1 aliphatic carbocycles. The Balaban J connectivity index is 1.63. The molecule has 2 aromatic heterocycles. The fourth-order valence-corrected chi connectivity index (χ4v) is 3.37. The van der Waals surface area contributed by atoms with Crippen LogP contribution < -0.4 is 5.32 Å². The van der Waals surface area contributed by atoms with Gasteiger partial charge in [-0.1, -0.05) is 24.3 Å². The number of anilines is 1. The molecule has 0 aliphatic heterocycles. The molecule has 0 bridgehead atoms. The summed E-state index contributed by atoms with van der Waals surface area (Å²) in [7, 11) is 0. The maximum atomic E-state index is 11.9. The zero-order valence-corrected chi connectivity index (χ0v) is 11.2. The van der Waals surface area contributed by atoms with Crippen LogP contribution in [0.5, 0.6) is 0 Å². The molecule has 5 heteroatoms. The lowest BCUT2D eigenvalue weighted by Crippen LogP contribution is -2.10. The van der Waals surface area contributed by atoms with E-state index in [-0.39, 0.29) is 5.91 Å². The maximum Gasteiger partial charge on any atom is 0.293 e. The van der Waals surface area contributed by atoms with E-state index in [0.717, 1.165) is 17.7 Å². The van der Waals surface area contributed by atoms with Gasteiger partial charge in [-0.25, -0.2) is 4.98 Å². The minimum Gasteiger partial charge on any atom is -0.459 e. The molecule has 1 amide bonds. The van der Waals surface area contributed by atoms with Crippen molar-refractivity contribution < 1.29 is 9.21 Å². The van der Waals surface area contributed by atoms with Gasteiger partial charge in [-0.2, -0.15) is 0 Å². The molecule has 98 valence electrons. The molecule has 3 aromatic rings. The first-order valence-electron chi connectivity index (χ1n) is 6.24. The normalized spacial score (nSPS) is 12.0. The number of aromatic nitrogens is 1. The van der Waals surface area contributed by atoms with Gasteiger partial charge in [0.2, 0.25) is 0 Å². The van der Waals surface area contributed by atoms with E-state index in [1.165, 1.54) is 28.0 Å². The van der Waals surface area contributed by atoms with E-state index in [1.807, 2.05) is 12.1 Å². The quantitative estimate of drug-likeness (QED) is 0.611. The van der Waals surface area contributed by atoms with Gasteiger partial charge >= 0.3 is 0 Å². The van der Waals surface area contributed by atoms with E-state index in [2.05, 4.69) is 22.4 Å². The SMILES string of the molecule is O=C(Nc1nc2c(s1)Cc1ccccc1-2)c1ccco1. The van der Waals surface area contributed by atoms with Crippen molar-refractivity contribution in [1.82, 2.24) is 4.98 Å². The zero-order chi connectivity index (χ0) is 13.5. The van der Waals surface area contributed by atoms with Crippen LogP contribution in [0.15, 0.2) is 47.1 Å². The summed E-state index contributed by atoms with van der Waals surface area (Å²) in [5.41, 5.74) is 3.45. The fraction of sp³-hybridized carbons (Fsp3) is 0.0667. The monoisotopic (exact) mass is 282 g/mol. The standard InChI is InChI=1S/C15H10N2O2S/c18-14(11-6-3-7-19-11)17-15-16-13-10-5-2-1-4-9(10)8-12(13)20-15/h1-7H,8H2,(H,16,17,18). The van der Waals surface area contributed by atoms with E-state index in [4.69, 9.17) is 4.42 Å². The van der Waals surface area contributed by atoms with Crippen LogP contribution in [0.3, 0.4) is 0 Å². The number of benzene rings is 1. The molecule has 0 radical (unpaired) electrons. The Labute approximate surface area is 119 Å². The zero-order valence-electron chi connectivity index (χ0n) is 10.4. The minimum absolute atomic E-state index is 0.268. The number of furan rings is 1. The van der Waals surface area contributed by atoms with Gasteiger partial charge in [-0.3, -0.25) is 10.1 Å². The molecule has 0 fully saturated rings. The van der Waals surface area contributed by atoms with Crippen molar-refractivity contribution in [2.24, 2.45) is 0 Å². The van der Waals surface area contributed by atoms with E-state index < -0.39 is 0 Å². The second kappa shape index (κ2) is 4.31. The minimum atomic E-state index is -0.268. The van der Waals surface area contributed by atoms with Gasteiger partial charge in [0, 0.05) is 16.9 Å². The lowest BCUT2D eigenvalue weighted by atomic mass is 10.1. The van der Waals surface area contributed by atoms with Gasteiger partial charge in [0.05, 0.1) is 12.0 Å². The highest BCUT2D eigenvalue weighted by Gasteiger charge is 2.23. The van der Waals surface area contributed by atoms with Crippen molar-refractivity contribution in [2.75, 3.05) is 5.32 Å². The first kappa shape index (κ1) is 11.4. The maximum absolute atomic E-state index is 11.9. The van der Waals surface area contributed by atoms with E-state index >= 15 is 0 Å². The Morgan fingerprint density at radius 2 is 2.15 bits per heavy atom. The molecule has 0 saturated carbocycles. The van der Waals surface area contributed by atoms with E-state index in [9.17, 15) is 4.79 Å². The van der Waals surface area contributed by atoms with Crippen LogP contribution in [0.4, 0.5) is 5.13 Å². The first-order chi connectivity index (χ1) is 9.81. The van der Waals surface area contributed by atoms with Gasteiger partial charge in [0.15, 0.2) is 10.9 Å². The molecule has 0 saturated heterocycles. The lowest BCUT2D eigenvalue weighted by Gasteiger charge is -1.99. The van der Waals surface area contributed by atoms with Crippen LogP contribution in [-0.2, 0) is 6.42 Å². The van der Waals surface area contributed by atoms with Crippen LogP contribution in [0.2, 0.25) is 0 Å². The Morgan fingerprint density at radius 3 is 3.00 bits per heavy atom. The molecular weight excluding hydrogens is 272 g/mol. The topological polar surface area (TPSA) is 55.1 Å². The molecule has 0 atom stereocenters. The highest BCUT2D eigenvalue weighted by Crippen LogP contribution is 2.40. The third-order valence-electron chi connectivity index (χ3n) is 3.29. The van der Waals surface area contributed by atoms with Crippen LogP contribution in [0, 0.1) is 0 Å². The average molecular weight is 282 g/mol. The molecule has 0 spiro atoms. The molecular formula is C15H10N2O2S. The number of rotatable bonds is 2. The summed E-state index contributed by atoms with van der Waals surface area (Å²) in [6.45, 7) is 0.